The van der Waals surface area contributed by atoms with Gasteiger partial charge in [-0.2, -0.15) is 0 Å². The summed E-state index contributed by atoms with van der Waals surface area (Å²) in [5.41, 5.74) is 5.51. The second kappa shape index (κ2) is 7.61. The Balaban J connectivity index is 1.68. The molecule has 0 saturated heterocycles. The third-order valence-corrected chi connectivity index (χ3v) is 5.67. The Morgan fingerprint density at radius 3 is 2.70 bits per heavy atom. The van der Waals surface area contributed by atoms with E-state index in [9.17, 15) is 4.79 Å². The van der Waals surface area contributed by atoms with Crippen LogP contribution in [0.5, 0.6) is 0 Å². The Morgan fingerprint density at radius 1 is 1.11 bits per heavy atom. The van der Waals surface area contributed by atoms with Gasteiger partial charge in [-0.3, -0.25) is 9.78 Å². The van der Waals surface area contributed by atoms with Gasteiger partial charge in [0.1, 0.15) is 5.01 Å². The highest BCUT2D eigenvalue weighted by Gasteiger charge is 2.23. The van der Waals surface area contributed by atoms with Crippen LogP contribution in [0.4, 0.5) is 5.69 Å². The number of nitrogens with zero attached hydrogens (tertiary/aromatic N) is 3. The fraction of sp³-hybridized carbons (Fsp3) is 0.318. The summed E-state index contributed by atoms with van der Waals surface area (Å²) in [5, 5.41) is 3.10. The molecule has 0 atom stereocenters. The van der Waals surface area contributed by atoms with Crippen molar-refractivity contribution in [2.75, 3.05) is 11.4 Å². The minimum absolute atomic E-state index is 0.240. The van der Waals surface area contributed by atoms with Crippen molar-refractivity contribution in [2.24, 2.45) is 5.92 Å². The summed E-state index contributed by atoms with van der Waals surface area (Å²) in [6.07, 6.45) is 6.05. The molecule has 3 heterocycles. The zero-order valence-electron chi connectivity index (χ0n) is 15.7. The van der Waals surface area contributed by atoms with Gasteiger partial charge >= 0.3 is 0 Å². The molecule has 1 aliphatic rings. The number of aromatic nitrogens is 2. The van der Waals surface area contributed by atoms with Crippen molar-refractivity contribution < 1.29 is 4.79 Å². The van der Waals surface area contributed by atoms with Crippen LogP contribution in [0.3, 0.4) is 0 Å². The molecule has 4 nitrogen and oxygen atoms in total. The van der Waals surface area contributed by atoms with Crippen LogP contribution in [0.25, 0.3) is 21.8 Å². The van der Waals surface area contributed by atoms with Gasteiger partial charge in [-0.1, -0.05) is 19.9 Å². The zero-order valence-corrected chi connectivity index (χ0v) is 16.5. The molecule has 1 aliphatic heterocycles. The number of amides is 1. The molecule has 1 amide bonds. The smallest absolute Gasteiger partial charge is 0.227 e. The van der Waals surface area contributed by atoms with E-state index in [1.54, 1.807) is 23.7 Å². The molecule has 0 fully saturated rings. The molecule has 27 heavy (non-hydrogen) atoms. The lowest BCUT2D eigenvalue weighted by Crippen LogP contribution is -2.33. The molecule has 4 rings (SSSR count). The minimum atomic E-state index is 0.240. The molecule has 0 radical (unpaired) electrons. The highest BCUT2D eigenvalue weighted by Crippen LogP contribution is 2.34. The van der Waals surface area contributed by atoms with Gasteiger partial charge in [-0.25, -0.2) is 4.98 Å². The van der Waals surface area contributed by atoms with Crippen LogP contribution in [-0.4, -0.2) is 22.4 Å². The van der Waals surface area contributed by atoms with E-state index in [4.69, 9.17) is 4.98 Å². The van der Waals surface area contributed by atoms with Crippen LogP contribution in [0.15, 0.2) is 48.1 Å². The van der Waals surface area contributed by atoms with E-state index in [2.05, 4.69) is 42.4 Å². The molecule has 138 valence electrons. The van der Waals surface area contributed by atoms with Gasteiger partial charge in [0.25, 0.3) is 0 Å². The number of hydrogen-bond donors (Lipinski definition) is 0. The Bertz CT molecular complexity index is 949. The van der Waals surface area contributed by atoms with Gasteiger partial charge in [0.2, 0.25) is 5.91 Å². The predicted molar refractivity (Wildman–Crippen MR) is 111 cm³/mol. The lowest BCUT2D eigenvalue weighted by molar-refractivity contribution is -0.118. The number of carbonyl (C=O) groups is 1. The number of fused-ring (bicyclic) bond motifs is 1. The van der Waals surface area contributed by atoms with E-state index in [0.717, 1.165) is 46.9 Å². The van der Waals surface area contributed by atoms with Crippen LogP contribution < -0.4 is 4.90 Å². The van der Waals surface area contributed by atoms with E-state index in [1.807, 2.05) is 17.0 Å². The Hall–Kier alpha value is -2.53. The van der Waals surface area contributed by atoms with Crippen molar-refractivity contribution in [3.63, 3.8) is 0 Å². The predicted octanol–water partition coefficient (Wildman–Crippen LogP) is 5.20. The maximum Gasteiger partial charge on any atom is 0.227 e. The summed E-state index contributed by atoms with van der Waals surface area (Å²) in [4.78, 5) is 23.4. The zero-order chi connectivity index (χ0) is 18.8. The minimum Gasteiger partial charge on any atom is -0.312 e. The molecule has 0 saturated carbocycles. The molecule has 0 bridgehead atoms. The van der Waals surface area contributed by atoms with E-state index in [1.165, 1.54) is 5.56 Å². The lowest BCUT2D eigenvalue weighted by atomic mass is 10.0. The van der Waals surface area contributed by atoms with Crippen molar-refractivity contribution in [1.82, 2.24) is 9.97 Å². The number of pyridine rings is 1. The molecule has 3 aromatic rings. The summed E-state index contributed by atoms with van der Waals surface area (Å²) in [6.45, 7) is 5.08. The van der Waals surface area contributed by atoms with Gasteiger partial charge in [0.05, 0.1) is 5.69 Å². The third kappa shape index (κ3) is 3.78. The fourth-order valence-corrected chi connectivity index (χ4v) is 4.34. The fourth-order valence-electron chi connectivity index (χ4n) is 3.51. The van der Waals surface area contributed by atoms with Crippen LogP contribution in [0.1, 0.15) is 32.3 Å². The normalized spacial score (nSPS) is 14.3. The molecule has 0 N–H and O–H groups in total. The summed E-state index contributed by atoms with van der Waals surface area (Å²) in [7, 11) is 0. The summed E-state index contributed by atoms with van der Waals surface area (Å²) >= 11 is 1.64. The van der Waals surface area contributed by atoms with Gasteiger partial charge in [-0.05, 0) is 48.6 Å². The number of anilines is 1. The first-order valence-corrected chi connectivity index (χ1v) is 10.3. The van der Waals surface area contributed by atoms with E-state index < -0.39 is 0 Å². The van der Waals surface area contributed by atoms with Crippen LogP contribution >= 0.6 is 11.3 Å². The Labute approximate surface area is 163 Å². The molecule has 0 spiro atoms. The average Bonchev–Trinajstić information content (AvgIpc) is 3.11. The molecule has 1 aromatic carbocycles. The van der Waals surface area contributed by atoms with Crippen molar-refractivity contribution in [2.45, 2.75) is 33.1 Å². The average molecular weight is 378 g/mol. The third-order valence-electron chi connectivity index (χ3n) is 4.78. The Kier molecular flexibility index (Phi) is 5.03. The first kappa shape index (κ1) is 17.9. The first-order valence-electron chi connectivity index (χ1n) is 9.41. The SMILES string of the molecule is CC(C)CN1C(=O)CCCc2cc(-c3csc(-c4ccncc4)n3)ccc21. The number of hydrogen-bond acceptors (Lipinski definition) is 4. The summed E-state index contributed by atoms with van der Waals surface area (Å²) in [6, 6.07) is 10.4. The van der Waals surface area contributed by atoms with E-state index in [0.29, 0.717) is 12.3 Å². The van der Waals surface area contributed by atoms with Gasteiger partial charge in [0.15, 0.2) is 0 Å². The topological polar surface area (TPSA) is 46.1 Å². The molecular formula is C22H23N3OS. The maximum absolute atomic E-state index is 12.5. The molecular weight excluding hydrogens is 354 g/mol. The van der Waals surface area contributed by atoms with Crippen LogP contribution in [0.2, 0.25) is 0 Å². The standard InChI is InChI=1S/C22H23N3OS/c1-15(2)13-25-20-7-6-17(12-18(20)4-3-5-21(25)26)19-14-27-22(24-19)16-8-10-23-11-9-16/h6-12,14-15H,3-5,13H2,1-2H3. The molecule has 2 aromatic heterocycles. The number of benzene rings is 1. The summed E-state index contributed by atoms with van der Waals surface area (Å²) in [5.74, 6) is 0.685. The van der Waals surface area contributed by atoms with Crippen molar-refractivity contribution in [3.05, 3.63) is 53.7 Å². The van der Waals surface area contributed by atoms with E-state index in [-0.39, 0.29) is 5.91 Å². The maximum atomic E-state index is 12.5. The number of aryl methyl sites for hydroxylation is 1. The summed E-state index contributed by atoms with van der Waals surface area (Å²) < 4.78 is 0. The molecule has 0 aliphatic carbocycles. The number of rotatable bonds is 4. The molecule has 5 heteroatoms. The quantitative estimate of drug-likeness (QED) is 0.628. The van der Waals surface area contributed by atoms with Crippen LogP contribution in [-0.2, 0) is 11.2 Å². The van der Waals surface area contributed by atoms with Crippen molar-refractivity contribution in [3.8, 4) is 21.8 Å². The second-order valence-electron chi connectivity index (χ2n) is 7.37. The van der Waals surface area contributed by atoms with Crippen molar-refractivity contribution >= 4 is 22.9 Å². The van der Waals surface area contributed by atoms with Crippen molar-refractivity contribution in [1.29, 1.82) is 0 Å². The lowest BCUT2D eigenvalue weighted by Gasteiger charge is -2.25. The van der Waals surface area contributed by atoms with Gasteiger partial charge in [-0.15, -0.1) is 11.3 Å². The van der Waals surface area contributed by atoms with E-state index >= 15 is 0 Å². The highest BCUT2D eigenvalue weighted by atomic mass is 32.1. The van der Waals surface area contributed by atoms with Gasteiger partial charge < -0.3 is 4.90 Å². The van der Waals surface area contributed by atoms with Crippen LogP contribution in [0, 0.1) is 5.92 Å². The number of thiazole rings is 1. The second-order valence-corrected chi connectivity index (χ2v) is 8.23. The van der Waals surface area contributed by atoms with Gasteiger partial charge in [0, 0.05) is 47.6 Å². The largest absolute Gasteiger partial charge is 0.312 e. The highest BCUT2D eigenvalue weighted by molar-refractivity contribution is 7.13. The molecule has 0 unspecified atom stereocenters. The number of carbonyl (C=O) groups excluding carboxylic acids is 1. The monoisotopic (exact) mass is 377 g/mol. The Morgan fingerprint density at radius 2 is 1.93 bits per heavy atom. The first-order chi connectivity index (χ1) is 13.1.